The second-order valence-electron chi connectivity index (χ2n) is 5.48. The Morgan fingerprint density at radius 3 is 2.82 bits per heavy atom. The normalized spacial score (nSPS) is 27.8. The van der Waals surface area contributed by atoms with E-state index in [0.717, 1.165) is 31.6 Å². The number of hydrogen-bond acceptors (Lipinski definition) is 3. The van der Waals surface area contributed by atoms with Crippen LogP contribution in [0.5, 0.6) is 0 Å². The van der Waals surface area contributed by atoms with E-state index in [1.807, 2.05) is 6.92 Å². The largest absolute Gasteiger partial charge is 0.358 e. The third-order valence-corrected chi connectivity index (χ3v) is 4.00. The van der Waals surface area contributed by atoms with Crippen molar-refractivity contribution in [2.45, 2.75) is 44.7 Å². The summed E-state index contributed by atoms with van der Waals surface area (Å²) in [5, 5.41) is 6.34. The van der Waals surface area contributed by atoms with Crippen LogP contribution in [0.3, 0.4) is 0 Å². The van der Waals surface area contributed by atoms with Crippen LogP contribution in [0.15, 0.2) is 0 Å². The fourth-order valence-corrected chi connectivity index (χ4v) is 2.61. The predicted molar refractivity (Wildman–Crippen MR) is 68.9 cm³/mol. The van der Waals surface area contributed by atoms with Crippen molar-refractivity contribution in [3.8, 4) is 0 Å². The quantitative estimate of drug-likeness (QED) is 0.738. The van der Waals surface area contributed by atoms with Crippen LogP contribution >= 0.6 is 0 Å². The fraction of sp³-hybridized carbons (Fsp3) is 0.923. The maximum absolute atomic E-state index is 11.6. The van der Waals surface area contributed by atoms with E-state index in [1.54, 1.807) is 7.05 Å². The average Bonchev–Trinajstić information content (AvgIpc) is 3.19. The van der Waals surface area contributed by atoms with Gasteiger partial charge in [-0.25, -0.2) is 0 Å². The van der Waals surface area contributed by atoms with Gasteiger partial charge in [0, 0.05) is 19.6 Å². The Labute approximate surface area is 104 Å². The van der Waals surface area contributed by atoms with Crippen LogP contribution in [0.2, 0.25) is 0 Å². The summed E-state index contributed by atoms with van der Waals surface area (Å²) < 4.78 is 0. The standard InChI is InChI=1S/C13H25N3O/c1-10(13(17)14-2)16-7-3-4-11(9-16)8-15-12-5-6-12/h10-12,15H,3-9H2,1-2H3,(H,14,17). The Bertz CT molecular complexity index is 265. The third kappa shape index (κ3) is 3.68. The van der Waals surface area contributed by atoms with Gasteiger partial charge in [0.25, 0.3) is 0 Å². The second-order valence-corrected chi connectivity index (χ2v) is 5.48. The lowest BCUT2D eigenvalue weighted by molar-refractivity contribution is -0.126. The maximum atomic E-state index is 11.6. The molecule has 1 saturated heterocycles. The first kappa shape index (κ1) is 12.8. The summed E-state index contributed by atoms with van der Waals surface area (Å²) in [6, 6.07) is 0.811. The fourth-order valence-electron chi connectivity index (χ4n) is 2.61. The highest BCUT2D eigenvalue weighted by atomic mass is 16.2. The number of carbonyl (C=O) groups is 1. The highest BCUT2D eigenvalue weighted by Gasteiger charge is 2.28. The SMILES string of the molecule is CNC(=O)C(C)N1CCCC(CNC2CC2)C1. The first-order valence-electron chi connectivity index (χ1n) is 6.89. The van der Waals surface area contributed by atoms with Gasteiger partial charge in [0.1, 0.15) is 0 Å². The van der Waals surface area contributed by atoms with Gasteiger partial charge >= 0.3 is 0 Å². The molecular formula is C13H25N3O. The number of carbonyl (C=O) groups excluding carboxylic acids is 1. The molecule has 0 spiro atoms. The van der Waals surface area contributed by atoms with Crippen LogP contribution in [0, 0.1) is 5.92 Å². The Hall–Kier alpha value is -0.610. The molecule has 0 bridgehead atoms. The van der Waals surface area contributed by atoms with Gasteiger partial charge in [-0.1, -0.05) is 0 Å². The van der Waals surface area contributed by atoms with Gasteiger partial charge in [0.05, 0.1) is 6.04 Å². The average molecular weight is 239 g/mol. The molecule has 1 saturated carbocycles. The van der Waals surface area contributed by atoms with Crippen molar-refractivity contribution in [1.82, 2.24) is 15.5 Å². The van der Waals surface area contributed by atoms with Gasteiger partial charge in [0.15, 0.2) is 0 Å². The monoisotopic (exact) mass is 239 g/mol. The zero-order valence-corrected chi connectivity index (χ0v) is 11.0. The topological polar surface area (TPSA) is 44.4 Å². The lowest BCUT2D eigenvalue weighted by Crippen LogP contribution is -2.49. The number of rotatable bonds is 5. The molecule has 1 aliphatic carbocycles. The Morgan fingerprint density at radius 1 is 1.41 bits per heavy atom. The van der Waals surface area contributed by atoms with Gasteiger partial charge in [-0.2, -0.15) is 0 Å². The van der Waals surface area contributed by atoms with Crippen LogP contribution in [0.4, 0.5) is 0 Å². The van der Waals surface area contributed by atoms with Gasteiger partial charge in [-0.05, 0) is 51.6 Å². The number of likely N-dealkylation sites (tertiary alicyclic amines) is 1. The molecule has 98 valence electrons. The van der Waals surface area contributed by atoms with Gasteiger partial charge in [0.2, 0.25) is 5.91 Å². The summed E-state index contributed by atoms with van der Waals surface area (Å²) in [6.07, 6.45) is 5.23. The minimum atomic E-state index is 0.0173. The number of amides is 1. The number of piperidine rings is 1. The number of hydrogen-bond donors (Lipinski definition) is 2. The van der Waals surface area contributed by atoms with Crippen LogP contribution in [0.25, 0.3) is 0 Å². The smallest absolute Gasteiger partial charge is 0.236 e. The molecule has 2 aliphatic rings. The van der Waals surface area contributed by atoms with E-state index in [-0.39, 0.29) is 11.9 Å². The lowest BCUT2D eigenvalue weighted by atomic mass is 9.96. The molecule has 4 nitrogen and oxygen atoms in total. The molecule has 0 aromatic carbocycles. The minimum Gasteiger partial charge on any atom is -0.358 e. The van der Waals surface area contributed by atoms with Crippen molar-refractivity contribution in [3.63, 3.8) is 0 Å². The zero-order valence-electron chi connectivity index (χ0n) is 11.0. The Balaban J connectivity index is 1.76. The summed E-state index contributed by atoms with van der Waals surface area (Å²) in [4.78, 5) is 13.9. The summed E-state index contributed by atoms with van der Waals surface area (Å²) in [5.41, 5.74) is 0. The lowest BCUT2D eigenvalue weighted by Gasteiger charge is -2.36. The highest BCUT2D eigenvalue weighted by molar-refractivity contribution is 5.80. The molecule has 1 aliphatic heterocycles. The van der Waals surface area contributed by atoms with Crippen molar-refractivity contribution in [1.29, 1.82) is 0 Å². The van der Waals surface area contributed by atoms with Crippen molar-refractivity contribution < 1.29 is 4.79 Å². The van der Waals surface area contributed by atoms with Gasteiger partial charge in [-0.3, -0.25) is 9.69 Å². The predicted octanol–water partition coefficient (Wildman–Crippen LogP) is 0.585. The van der Waals surface area contributed by atoms with Crippen molar-refractivity contribution in [3.05, 3.63) is 0 Å². The minimum absolute atomic E-state index is 0.0173. The van der Waals surface area contributed by atoms with E-state index in [1.165, 1.54) is 25.7 Å². The molecule has 2 unspecified atom stereocenters. The number of nitrogens with zero attached hydrogens (tertiary/aromatic N) is 1. The molecule has 0 radical (unpaired) electrons. The molecule has 2 atom stereocenters. The molecule has 2 N–H and O–H groups in total. The van der Waals surface area contributed by atoms with Gasteiger partial charge in [-0.15, -0.1) is 0 Å². The molecule has 1 heterocycles. The summed E-state index contributed by atoms with van der Waals surface area (Å²) >= 11 is 0. The number of likely N-dealkylation sites (N-methyl/N-ethyl adjacent to an activating group) is 1. The molecule has 0 aromatic rings. The second kappa shape index (κ2) is 5.83. The zero-order chi connectivity index (χ0) is 12.3. The maximum Gasteiger partial charge on any atom is 0.236 e. The molecular weight excluding hydrogens is 214 g/mol. The molecule has 2 fully saturated rings. The molecule has 0 aromatic heterocycles. The molecule has 17 heavy (non-hydrogen) atoms. The summed E-state index contributed by atoms with van der Waals surface area (Å²) in [7, 11) is 1.72. The van der Waals surface area contributed by atoms with Crippen molar-refractivity contribution in [2.24, 2.45) is 5.92 Å². The molecule has 4 heteroatoms. The van der Waals surface area contributed by atoms with E-state index in [4.69, 9.17) is 0 Å². The van der Waals surface area contributed by atoms with Crippen LogP contribution in [-0.2, 0) is 4.79 Å². The summed E-state index contributed by atoms with van der Waals surface area (Å²) in [5.74, 6) is 0.859. The van der Waals surface area contributed by atoms with Crippen LogP contribution in [0.1, 0.15) is 32.6 Å². The van der Waals surface area contributed by atoms with E-state index >= 15 is 0 Å². The molecule has 2 rings (SSSR count). The van der Waals surface area contributed by atoms with E-state index in [9.17, 15) is 4.79 Å². The van der Waals surface area contributed by atoms with E-state index in [2.05, 4.69) is 15.5 Å². The molecule has 1 amide bonds. The van der Waals surface area contributed by atoms with Gasteiger partial charge < -0.3 is 10.6 Å². The van der Waals surface area contributed by atoms with Crippen LogP contribution in [-0.4, -0.2) is 49.6 Å². The van der Waals surface area contributed by atoms with E-state index in [0.29, 0.717) is 0 Å². The Morgan fingerprint density at radius 2 is 2.18 bits per heavy atom. The van der Waals surface area contributed by atoms with Crippen molar-refractivity contribution >= 4 is 5.91 Å². The van der Waals surface area contributed by atoms with Crippen LogP contribution < -0.4 is 10.6 Å². The first-order valence-corrected chi connectivity index (χ1v) is 6.89. The Kier molecular flexibility index (Phi) is 4.40. The highest BCUT2D eigenvalue weighted by Crippen LogP contribution is 2.22. The third-order valence-electron chi connectivity index (χ3n) is 4.00. The first-order chi connectivity index (χ1) is 8.20. The summed E-state index contributed by atoms with van der Waals surface area (Å²) in [6.45, 7) is 5.26. The van der Waals surface area contributed by atoms with E-state index < -0.39 is 0 Å². The van der Waals surface area contributed by atoms with Crippen molar-refractivity contribution in [2.75, 3.05) is 26.7 Å². The number of nitrogens with one attached hydrogen (secondary N) is 2.